The van der Waals surface area contributed by atoms with Crippen molar-refractivity contribution in [2.24, 2.45) is 0 Å². The van der Waals surface area contributed by atoms with Gasteiger partial charge in [-0.3, -0.25) is 4.79 Å². The minimum Gasteiger partial charge on any atom is -0.440 e. The van der Waals surface area contributed by atoms with Crippen LogP contribution < -0.4 is 9.47 Å². The summed E-state index contributed by atoms with van der Waals surface area (Å²) in [5, 5.41) is 0. The molecule has 32 heavy (non-hydrogen) atoms. The van der Waals surface area contributed by atoms with Gasteiger partial charge in [0, 0.05) is 19.2 Å². The molecule has 2 aliphatic rings. The molecule has 2 heterocycles. The molecule has 0 saturated carbocycles. The van der Waals surface area contributed by atoms with Crippen LogP contribution in [0.5, 0.6) is 11.5 Å². The third-order valence-corrected chi connectivity index (χ3v) is 5.87. The number of nitrogens with zero attached hydrogens (tertiary/aromatic N) is 1. The Morgan fingerprint density at radius 3 is 1.84 bits per heavy atom. The Morgan fingerprint density at radius 1 is 0.750 bits per heavy atom. The van der Waals surface area contributed by atoms with Gasteiger partial charge in [-0.25, -0.2) is 13.2 Å². The van der Waals surface area contributed by atoms with E-state index < -0.39 is 29.1 Å². The molecule has 0 spiro atoms. The maximum absolute atomic E-state index is 14.9. The number of amides is 1. The van der Waals surface area contributed by atoms with Crippen molar-refractivity contribution in [1.29, 1.82) is 0 Å². The fourth-order valence-corrected chi connectivity index (χ4v) is 4.28. The molecule has 2 aliphatic heterocycles. The van der Waals surface area contributed by atoms with Gasteiger partial charge in [0.2, 0.25) is 0 Å². The van der Waals surface area contributed by atoms with Gasteiger partial charge in [-0.05, 0) is 49.6 Å². The van der Waals surface area contributed by atoms with Crippen LogP contribution in [0.4, 0.5) is 13.2 Å². The summed E-state index contributed by atoms with van der Waals surface area (Å²) < 4.78 is 56.6. The summed E-state index contributed by atoms with van der Waals surface area (Å²) in [5.74, 6) is -4.56. The normalized spacial score (nSPS) is 16.8. The predicted molar refractivity (Wildman–Crippen MR) is 111 cm³/mol. The van der Waals surface area contributed by atoms with Crippen LogP contribution in [0.15, 0.2) is 60.7 Å². The quantitative estimate of drug-likeness (QED) is 0.548. The van der Waals surface area contributed by atoms with E-state index in [-0.39, 0.29) is 28.2 Å². The zero-order chi connectivity index (χ0) is 22.3. The highest BCUT2D eigenvalue weighted by molar-refractivity contribution is 5.95. The molecule has 4 nitrogen and oxygen atoms in total. The maximum Gasteiger partial charge on any atom is 0.311 e. The lowest BCUT2D eigenvalue weighted by Gasteiger charge is -2.29. The van der Waals surface area contributed by atoms with E-state index >= 15 is 0 Å². The second-order valence-corrected chi connectivity index (χ2v) is 7.91. The highest BCUT2D eigenvalue weighted by atomic mass is 19.1. The molecule has 3 aromatic rings. The smallest absolute Gasteiger partial charge is 0.311 e. The molecule has 1 saturated heterocycles. The van der Waals surface area contributed by atoms with Gasteiger partial charge in [-0.2, -0.15) is 0 Å². The van der Waals surface area contributed by atoms with Gasteiger partial charge in [0.15, 0.2) is 11.5 Å². The van der Waals surface area contributed by atoms with E-state index in [4.69, 9.17) is 9.47 Å². The van der Waals surface area contributed by atoms with Crippen LogP contribution in [0.25, 0.3) is 0 Å². The molecule has 0 bridgehead atoms. The van der Waals surface area contributed by atoms with Crippen molar-refractivity contribution in [3.05, 3.63) is 94.8 Å². The first-order valence-corrected chi connectivity index (χ1v) is 10.5. The van der Waals surface area contributed by atoms with E-state index in [0.29, 0.717) is 13.1 Å². The van der Waals surface area contributed by atoms with Crippen LogP contribution >= 0.6 is 0 Å². The molecule has 164 valence electrons. The van der Waals surface area contributed by atoms with Crippen LogP contribution in [0.2, 0.25) is 0 Å². The van der Waals surface area contributed by atoms with Crippen LogP contribution in [-0.4, -0.2) is 23.9 Å². The molecule has 0 aromatic heterocycles. The summed E-state index contributed by atoms with van der Waals surface area (Å²) in [4.78, 5) is 14.5. The van der Waals surface area contributed by atoms with Crippen molar-refractivity contribution >= 4 is 5.91 Å². The first-order valence-electron chi connectivity index (χ1n) is 10.5. The van der Waals surface area contributed by atoms with Crippen molar-refractivity contribution in [2.45, 2.75) is 25.0 Å². The second kappa shape index (κ2) is 7.89. The first-order chi connectivity index (χ1) is 15.5. The van der Waals surface area contributed by atoms with Crippen molar-refractivity contribution in [2.75, 3.05) is 13.1 Å². The molecule has 0 unspecified atom stereocenters. The van der Waals surface area contributed by atoms with Gasteiger partial charge in [-0.15, -0.1) is 0 Å². The number of benzene rings is 3. The van der Waals surface area contributed by atoms with Crippen molar-refractivity contribution < 1.29 is 27.4 Å². The van der Waals surface area contributed by atoms with E-state index in [1.807, 2.05) is 0 Å². The lowest BCUT2D eigenvalue weighted by Crippen LogP contribution is -2.38. The molecule has 5 rings (SSSR count). The topological polar surface area (TPSA) is 38.8 Å². The zero-order valence-corrected chi connectivity index (χ0v) is 17.1. The Labute approximate surface area is 183 Å². The van der Waals surface area contributed by atoms with E-state index in [1.54, 1.807) is 17.0 Å². The zero-order valence-electron chi connectivity index (χ0n) is 17.1. The standard InChI is InChI=1S/C25H20F3NO3/c26-19-10-4-2-8-17(19)25(18-9-3-5-11-20(18)27)31-22-14-16(21(28)15-23(22)32-25)24(30)29-12-6-1-7-13-29/h2-5,8-11,14-15H,1,6-7,12-13H2. The molecule has 0 atom stereocenters. The van der Waals surface area contributed by atoms with Crippen LogP contribution in [0.1, 0.15) is 40.7 Å². The molecular weight excluding hydrogens is 419 g/mol. The number of hydrogen-bond acceptors (Lipinski definition) is 3. The predicted octanol–water partition coefficient (Wildman–Crippen LogP) is 5.40. The van der Waals surface area contributed by atoms with Crippen LogP contribution in [0, 0.1) is 17.5 Å². The summed E-state index contributed by atoms with van der Waals surface area (Å²) in [6.45, 7) is 1.11. The van der Waals surface area contributed by atoms with Gasteiger partial charge >= 0.3 is 5.79 Å². The van der Waals surface area contributed by atoms with Crippen LogP contribution in [-0.2, 0) is 5.79 Å². The minimum absolute atomic E-state index is 0.0378. The molecule has 3 aromatic carbocycles. The minimum atomic E-state index is -2.00. The fraction of sp³-hybridized carbons (Fsp3) is 0.240. The van der Waals surface area contributed by atoms with Crippen molar-refractivity contribution in [3.63, 3.8) is 0 Å². The van der Waals surface area contributed by atoms with Gasteiger partial charge in [-0.1, -0.05) is 24.3 Å². The summed E-state index contributed by atoms with van der Waals surface area (Å²) in [6, 6.07) is 13.7. The number of fused-ring (bicyclic) bond motifs is 1. The first kappa shape index (κ1) is 20.4. The number of carbonyl (C=O) groups excluding carboxylic acids is 1. The Bertz CT molecular complexity index is 1150. The number of piperidine rings is 1. The lowest BCUT2D eigenvalue weighted by atomic mass is 9.96. The van der Waals surface area contributed by atoms with Gasteiger partial charge in [0.25, 0.3) is 5.91 Å². The van der Waals surface area contributed by atoms with Crippen LogP contribution in [0.3, 0.4) is 0 Å². The molecule has 1 fully saturated rings. The van der Waals surface area contributed by atoms with Crippen molar-refractivity contribution in [3.8, 4) is 11.5 Å². The molecule has 0 radical (unpaired) electrons. The Hall–Kier alpha value is -3.48. The summed E-state index contributed by atoms with van der Waals surface area (Å²) in [5.41, 5.74) is -0.289. The Kier molecular flexibility index (Phi) is 5.04. The summed E-state index contributed by atoms with van der Waals surface area (Å²) in [6.07, 6.45) is 2.75. The van der Waals surface area contributed by atoms with E-state index in [2.05, 4.69) is 0 Å². The maximum atomic E-state index is 14.9. The number of likely N-dealkylation sites (tertiary alicyclic amines) is 1. The summed E-state index contributed by atoms with van der Waals surface area (Å²) >= 11 is 0. The van der Waals surface area contributed by atoms with Crippen molar-refractivity contribution in [1.82, 2.24) is 4.90 Å². The summed E-state index contributed by atoms with van der Waals surface area (Å²) in [7, 11) is 0. The Morgan fingerprint density at radius 2 is 1.28 bits per heavy atom. The Balaban J connectivity index is 1.61. The number of rotatable bonds is 3. The number of carbonyl (C=O) groups is 1. The molecule has 0 aliphatic carbocycles. The second-order valence-electron chi connectivity index (χ2n) is 7.91. The van der Waals surface area contributed by atoms with Gasteiger partial charge in [0.05, 0.1) is 16.7 Å². The monoisotopic (exact) mass is 439 g/mol. The average molecular weight is 439 g/mol. The number of hydrogen-bond donors (Lipinski definition) is 0. The third kappa shape index (κ3) is 3.28. The lowest BCUT2D eigenvalue weighted by molar-refractivity contribution is -0.0515. The average Bonchev–Trinajstić information content (AvgIpc) is 3.18. The van der Waals surface area contributed by atoms with Gasteiger partial charge in [0.1, 0.15) is 17.5 Å². The van der Waals surface area contributed by atoms with E-state index in [9.17, 15) is 18.0 Å². The molecule has 0 N–H and O–H groups in total. The number of halogens is 3. The fourth-order valence-electron chi connectivity index (χ4n) is 4.28. The SMILES string of the molecule is O=C(c1cc2c(cc1F)OC(c1ccccc1F)(c1ccccc1F)O2)N1CCCCC1. The highest BCUT2D eigenvalue weighted by Gasteiger charge is 2.49. The van der Waals surface area contributed by atoms with E-state index in [0.717, 1.165) is 25.3 Å². The largest absolute Gasteiger partial charge is 0.440 e. The molecule has 7 heteroatoms. The molecule has 1 amide bonds. The number of ether oxygens (including phenoxy) is 2. The van der Waals surface area contributed by atoms with E-state index in [1.165, 1.54) is 42.5 Å². The third-order valence-electron chi connectivity index (χ3n) is 5.87. The van der Waals surface area contributed by atoms with Gasteiger partial charge < -0.3 is 14.4 Å². The highest BCUT2D eigenvalue weighted by Crippen LogP contribution is 2.49. The molecular formula is C25H20F3NO3.